The molecule has 1 aliphatic rings. The summed E-state index contributed by atoms with van der Waals surface area (Å²) in [6.45, 7) is 0.790. The van der Waals surface area contributed by atoms with E-state index in [4.69, 9.17) is 11.6 Å². The lowest BCUT2D eigenvalue weighted by atomic mass is 9.93. The Balaban J connectivity index is 1.47. The number of aromatic nitrogens is 5. The fraction of sp³-hybridized carbons (Fsp3) is 0.312. The molecule has 2 aromatic carbocycles. The van der Waals surface area contributed by atoms with Crippen molar-refractivity contribution in [1.29, 1.82) is 0 Å². The topological polar surface area (TPSA) is 124 Å². The predicted molar refractivity (Wildman–Crippen MR) is 173 cm³/mol. The second kappa shape index (κ2) is 12.9. The molecule has 0 aliphatic heterocycles. The number of nitrogens with zero attached hydrogens (tertiary/aromatic N) is 5. The number of sulfonamides is 1. The van der Waals surface area contributed by atoms with Crippen molar-refractivity contribution in [3.8, 4) is 11.1 Å². The monoisotopic (exact) mass is 739 g/mol. The van der Waals surface area contributed by atoms with Gasteiger partial charge in [0.25, 0.3) is 12.3 Å². The van der Waals surface area contributed by atoms with Crippen LogP contribution in [0.3, 0.4) is 0 Å². The minimum absolute atomic E-state index is 0.0507. The molecule has 0 saturated carbocycles. The molecule has 0 radical (unpaired) electrons. The van der Waals surface area contributed by atoms with Crippen LogP contribution < -0.4 is 10.0 Å². The van der Waals surface area contributed by atoms with E-state index in [1.54, 1.807) is 32.2 Å². The number of rotatable bonds is 10. The molecule has 10 nitrogen and oxygen atoms in total. The summed E-state index contributed by atoms with van der Waals surface area (Å²) in [7, 11) is -2.22. The Morgan fingerprint density at radius 1 is 1.04 bits per heavy atom. The molecule has 264 valence electrons. The lowest BCUT2D eigenvalue weighted by Crippen LogP contribution is -2.35. The molecule has 0 spiro atoms. The summed E-state index contributed by atoms with van der Waals surface area (Å²) >= 11 is 6.52. The van der Waals surface area contributed by atoms with E-state index >= 15 is 0 Å². The summed E-state index contributed by atoms with van der Waals surface area (Å²) in [5.41, 5.74) is 0.0237. The Kier molecular flexibility index (Phi) is 9.09. The molecule has 18 heteroatoms. The predicted octanol–water partition coefficient (Wildman–Crippen LogP) is 6.52. The van der Waals surface area contributed by atoms with Crippen molar-refractivity contribution in [2.24, 2.45) is 7.05 Å². The van der Waals surface area contributed by atoms with Gasteiger partial charge in [0.15, 0.2) is 5.82 Å². The number of hydrogen-bond donors (Lipinski definition) is 2. The van der Waals surface area contributed by atoms with Gasteiger partial charge < -0.3 is 5.32 Å². The van der Waals surface area contributed by atoms with Gasteiger partial charge in [-0.1, -0.05) is 23.7 Å². The van der Waals surface area contributed by atoms with Crippen molar-refractivity contribution < 1.29 is 39.6 Å². The number of aryl methyl sites for hydroxylation is 2. The molecule has 3 aromatic heterocycles. The standard InChI is InChI=1S/C32H28ClF6N7O3S/c1-15-4-5-19(20-6-7-22(33)25-28(20)45(2)43-31(25)44-50(3,48)49)26(40-15)23(12-16-10-17(34)13-18(35)11-16)41-24(47)14-46-29-21(8-9-32(29,38)39)27(42-46)30(36)37/h4-7,10-11,13,23,30H,8-9,12,14H2,1-3H3,(H,41,47)(H,43,44)/t23-/m0/s1. The van der Waals surface area contributed by atoms with Gasteiger partial charge in [0.1, 0.15) is 29.6 Å². The molecule has 0 bridgehead atoms. The molecule has 1 amide bonds. The molecule has 0 unspecified atom stereocenters. The number of amides is 1. The van der Waals surface area contributed by atoms with Gasteiger partial charge in [0.2, 0.25) is 15.9 Å². The van der Waals surface area contributed by atoms with Gasteiger partial charge in [0, 0.05) is 41.9 Å². The van der Waals surface area contributed by atoms with Crippen LogP contribution in [0.5, 0.6) is 0 Å². The van der Waals surface area contributed by atoms with Crippen molar-refractivity contribution >= 4 is 44.3 Å². The summed E-state index contributed by atoms with van der Waals surface area (Å²) in [5, 5.41) is 11.1. The second-order valence-corrected chi connectivity index (χ2v) is 14.2. The fourth-order valence-corrected chi connectivity index (χ4v) is 7.07. The zero-order valence-corrected chi connectivity index (χ0v) is 28.1. The molecule has 0 fully saturated rings. The van der Waals surface area contributed by atoms with E-state index < -0.39 is 70.3 Å². The minimum Gasteiger partial charge on any atom is -0.346 e. The maximum atomic E-state index is 14.8. The normalized spacial score (nSPS) is 14.7. The van der Waals surface area contributed by atoms with Crippen LogP contribution in [-0.2, 0) is 47.2 Å². The van der Waals surface area contributed by atoms with Crippen molar-refractivity contribution in [2.75, 3.05) is 11.0 Å². The SMILES string of the molecule is Cc1ccc(-c2ccc(Cl)c3c(NS(C)(=O)=O)nn(C)c23)c([C@H](Cc2cc(F)cc(F)c2)NC(=O)Cn2nc(C(F)F)c3c2C(F)(F)CC3)n1. The Morgan fingerprint density at radius 3 is 2.38 bits per heavy atom. The Bertz CT molecular complexity index is 2260. The number of nitrogens with one attached hydrogen (secondary N) is 2. The first-order chi connectivity index (χ1) is 23.4. The van der Waals surface area contributed by atoms with E-state index in [0.29, 0.717) is 33.1 Å². The molecular formula is C32H28ClF6N7O3S. The number of halogens is 7. The zero-order chi connectivity index (χ0) is 36.3. The molecule has 5 aromatic rings. The maximum Gasteiger partial charge on any atom is 0.290 e. The number of anilines is 1. The van der Waals surface area contributed by atoms with Gasteiger partial charge in [0.05, 0.1) is 33.9 Å². The quantitative estimate of drug-likeness (QED) is 0.157. The maximum absolute atomic E-state index is 14.8. The van der Waals surface area contributed by atoms with Crippen LogP contribution in [0.2, 0.25) is 5.02 Å². The number of carbonyl (C=O) groups excluding carboxylic acids is 1. The van der Waals surface area contributed by atoms with Crippen LogP contribution in [0.4, 0.5) is 32.2 Å². The fourth-order valence-electron chi connectivity index (χ4n) is 6.33. The van der Waals surface area contributed by atoms with Gasteiger partial charge in [-0.3, -0.25) is 23.9 Å². The lowest BCUT2D eigenvalue weighted by Gasteiger charge is -2.23. The molecule has 50 heavy (non-hydrogen) atoms. The van der Waals surface area contributed by atoms with Crippen LogP contribution in [0.1, 0.15) is 52.8 Å². The largest absolute Gasteiger partial charge is 0.346 e. The first-order valence-electron chi connectivity index (χ1n) is 15.0. The highest BCUT2D eigenvalue weighted by molar-refractivity contribution is 7.92. The van der Waals surface area contributed by atoms with Crippen molar-refractivity contribution in [2.45, 2.75) is 51.1 Å². The third-order valence-corrected chi connectivity index (χ3v) is 9.10. The molecule has 1 atom stereocenters. The highest BCUT2D eigenvalue weighted by Crippen LogP contribution is 2.45. The third-order valence-electron chi connectivity index (χ3n) is 8.22. The molecular weight excluding hydrogens is 712 g/mol. The highest BCUT2D eigenvalue weighted by Gasteiger charge is 2.46. The van der Waals surface area contributed by atoms with Crippen LogP contribution in [0.25, 0.3) is 22.0 Å². The van der Waals surface area contributed by atoms with Crippen molar-refractivity contribution in [3.63, 3.8) is 0 Å². The first kappa shape index (κ1) is 35.2. The number of hydrogen-bond acceptors (Lipinski definition) is 6. The van der Waals surface area contributed by atoms with Gasteiger partial charge >= 0.3 is 0 Å². The average Bonchev–Trinajstić information content (AvgIpc) is 3.63. The smallest absolute Gasteiger partial charge is 0.290 e. The molecule has 6 rings (SSSR count). The Labute approximate surface area is 286 Å². The molecule has 2 N–H and O–H groups in total. The Hall–Kier alpha value is -4.64. The Morgan fingerprint density at radius 2 is 1.72 bits per heavy atom. The van der Waals surface area contributed by atoms with Crippen LogP contribution >= 0.6 is 11.6 Å². The number of benzene rings is 2. The highest BCUT2D eigenvalue weighted by atomic mass is 35.5. The molecule has 1 aliphatic carbocycles. The summed E-state index contributed by atoms with van der Waals surface area (Å²) in [5.74, 6) is -6.25. The third kappa shape index (κ3) is 6.88. The van der Waals surface area contributed by atoms with Gasteiger partial charge in [-0.2, -0.15) is 19.0 Å². The van der Waals surface area contributed by atoms with E-state index in [1.807, 2.05) is 0 Å². The van der Waals surface area contributed by atoms with E-state index in [1.165, 1.54) is 10.7 Å². The number of fused-ring (bicyclic) bond motifs is 2. The summed E-state index contributed by atoms with van der Waals surface area (Å²) in [6, 6.07) is 8.05. The van der Waals surface area contributed by atoms with Gasteiger partial charge in [-0.25, -0.2) is 26.0 Å². The van der Waals surface area contributed by atoms with E-state index in [9.17, 15) is 39.6 Å². The summed E-state index contributed by atoms with van der Waals surface area (Å²) in [4.78, 5) is 18.3. The zero-order valence-electron chi connectivity index (χ0n) is 26.5. The van der Waals surface area contributed by atoms with Crippen molar-refractivity contribution in [1.82, 2.24) is 29.9 Å². The average molecular weight is 740 g/mol. The van der Waals surface area contributed by atoms with E-state index in [0.717, 1.165) is 18.4 Å². The number of alkyl halides is 4. The van der Waals surface area contributed by atoms with Crippen LogP contribution in [0.15, 0.2) is 42.5 Å². The number of pyridine rings is 1. The summed E-state index contributed by atoms with van der Waals surface area (Å²) < 4.78 is 114. The lowest BCUT2D eigenvalue weighted by molar-refractivity contribution is -0.122. The van der Waals surface area contributed by atoms with Crippen LogP contribution in [-0.4, -0.2) is 45.1 Å². The van der Waals surface area contributed by atoms with E-state index in [-0.39, 0.29) is 45.9 Å². The summed E-state index contributed by atoms with van der Waals surface area (Å²) in [6.07, 6.45) is -3.49. The molecule has 3 heterocycles. The molecule has 0 saturated heterocycles. The van der Waals surface area contributed by atoms with Gasteiger partial charge in [-0.05, 0) is 49.6 Å². The van der Waals surface area contributed by atoms with E-state index in [2.05, 4.69) is 25.2 Å². The van der Waals surface area contributed by atoms with Crippen LogP contribution in [0, 0.1) is 18.6 Å². The van der Waals surface area contributed by atoms with Gasteiger partial charge in [-0.15, -0.1) is 0 Å². The second-order valence-electron chi connectivity index (χ2n) is 12.0. The minimum atomic E-state index is -3.77. The number of carbonyl (C=O) groups is 1. The van der Waals surface area contributed by atoms with Crippen molar-refractivity contribution in [3.05, 3.63) is 93.0 Å². The first-order valence-corrected chi connectivity index (χ1v) is 17.3.